The van der Waals surface area contributed by atoms with E-state index in [0.29, 0.717) is 19.4 Å². The molecule has 0 radical (unpaired) electrons. The molecule has 6 nitrogen and oxygen atoms in total. The van der Waals surface area contributed by atoms with E-state index in [1.54, 1.807) is 0 Å². The first kappa shape index (κ1) is 19.6. The Hall–Kier alpha value is -2.34. The molecule has 0 amide bonds. The fourth-order valence-corrected chi connectivity index (χ4v) is 4.98. The average Bonchev–Trinajstić information content (AvgIpc) is 3.13. The van der Waals surface area contributed by atoms with Crippen LogP contribution < -0.4 is 10.1 Å². The summed E-state index contributed by atoms with van der Waals surface area (Å²) in [6, 6.07) is 4.25. The summed E-state index contributed by atoms with van der Waals surface area (Å²) in [6.45, 7) is 6.35. The molecular weight excluding hydrogens is 378 g/mol. The molecule has 0 bridgehead atoms. The molecule has 1 aliphatic heterocycles. The second-order valence-corrected chi connectivity index (χ2v) is 9.17. The van der Waals surface area contributed by atoms with Gasteiger partial charge in [-0.2, -0.15) is 0 Å². The highest BCUT2D eigenvalue weighted by Crippen LogP contribution is 2.42. The zero-order chi connectivity index (χ0) is 20.7. The molecule has 0 atom stereocenters. The first-order chi connectivity index (χ1) is 14.6. The number of likely N-dealkylation sites (tertiary alicyclic amines) is 1. The lowest BCUT2D eigenvalue weighted by molar-refractivity contribution is -0.138. The molecule has 5 rings (SSSR count). The highest BCUT2D eigenvalue weighted by Gasteiger charge is 2.51. The van der Waals surface area contributed by atoms with Crippen LogP contribution in [0.4, 0.5) is 5.82 Å². The molecule has 1 aromatic heterocycles. The van der Waals surface area contributed by atoms with Crippen molar-refractivity contribution < 1.29 is 14.6 Å². The number of aryl methyl sites for hydroxylation is 2. The van der Waals surface area contributed by atoms with Crippen LogP contribution in [0.1, 0.15) is 55.2 Å². The third kappa shape index (κ3) is 3.62. The van der Waals surface area contributed by atoms with Crippen LogP contribution in [0.3, 0.4) is 0 Å². The Morgan fingerprint density at radius 3 is 2.70 bits per heavy atom. The summed E-state index contributed by atoms with van der Waals surface area (Å²) < 4.78 is 6.13. The molecule has 2 aromatic rings. The number of anilines is 1. The minimum Gasteiger partial charge on any atom is -0.493 e. The number of nitrogens with zero attached hydrogens (tertiary/aromatic N) is 2. The predicted molar refractivity (Wildman–Crippen MR) is 118 cm³/mol. The molecule has 6 heteroatoms. The van der Waals surface area contributed by atoms with Gasteiger partial charge in [-0.05, 0) is 94.1 Å². The highest BCUT2D eigenvalue weighted by atomic mass is 16.5. The molecule has 2 aliphatic carbocycles. The fraction of sp³-hybridized carbons (Fsp3) is 0.583. The summed E-state index contributed by atoms with van der Waals surface area (Å²) in [5.74, 6) is 0.875. The van der Waals surface area contributed by atoms with Gasteiger partial charge in [0.1, 0.15) is 17.1 Å². The molecule has 160 valence electrons. The number of ether oxygens (including phenoxy) is 1. The third-order valence-electron chi connectivity index (χ3n) is 6.95. The number of carbonyl (C=O) groups is 1. The highest BCUT2D eigenvalue weighted by molar-refractivity contribution is 5.91. The topological polar surface area (TPSA) is 74.7 Å². The first-order valence-corrected chi connectivity index (χ1v) is 11.4. The lowest BCUT2D eigenvalue weighted by Crippen LogP contribution is -2.32. The number of carboxylic acids is 1. The lowest BCUT2D eigenvalue weighted by Gasteiger charge is -2.19. The van der Waals surface area contributed by atoms with Crippen LogP contribution in [-0.4, -0.2) is 52.7 Å². The Bertz CT molecular complexity index is 978. The number of carboxylic acid groups (broad SMARTS) is 1. The van der Waals surface area contributed by atoms with Gasteiger partial charge in [0.2, 0.25) is 0 Å². The van der Waals surface area contributed by atoms with E-state index in [2.05, 4.69) is 23.2 Å². The summed E-state index contributed by atoms with van der Waals surface area (Å²) >= 11 is 0. The third-order valence-corrected chi connectivity index (χ3v) is 6.95. The number of benzene rings is 1. The van der Waals surface area contributed by atoms with E-state index in [1.165, 1.54) is 42.4 Å². The SMILES string of the molecule is Cc1cc2c3c(c(NC4(C(=O)O)CC4)nc2cc1OCCCN1CCCC1)CCC3. The Morgan fingerprint density at radius 2 is 1.97 bits per heavy atom. The van der Waals surface area contributed by atoms with E-state index >= 15 is 0 Å². The Kier molecular flexibility index (Phi) is 5.05. The van der Waals surface area contributed by atoms with Crippen LogP contribution in [0.25, 0.3) is 10.9 Å². The van der Waals surface area contributed by atoms with Crippen molar-refractivity contribution in [3.8, 4) is 5.75 Å². The molecule has 2 heterocycles. The van der Waals surface area contributed by atoms with Crippen molar-refractivity contribution in [2.24, 2.45) is 0 Å². The maximum absolute atomic E-state index is 11.7. The quantitative estimate of drug-likeness (QED) is 0.644. The number of hydrogen-bond acceptors (Lipinski definition) is 5. The smallest absolute Gasteiger partial charge is 0.329 e. The number of fused-ring (bicyclic) bond motifs is 3. The van der Waals surface area contributed by atoms with Gasteiger partial charge in [0, 0.05) is 18.0 Å². The van der Waals surface area contributed by atoms with Crippen LogP contribution in [-0.2, 0) is 17.6 Å². The van der Waals surface area contributed by atoms with Crippen molar-refractivity contribution in [1.82, 2.24) is 9.88 Å². The molecule has 0 spiro atoms. The summed E-state index contributed by atoms with van der Waals surface area (Å²) in [6.07, 6.45) is 8.08. The molecule has 1 saturated heterocycles. The predicted octanol–water partition coefficient (Wildman–Crippen LogP) is 3.93. The second kappa shape index (κ2) is 7.73. The molecule has 2 fully saturated rings. The molecule has 1 saturated carbocycles. The van der Waals surface area contributed by atoms with Crippen molar-refractivity contribution in [1.29, 1.82) is 0 Å². The molecule has 1 aromatic carbocycles. The molecule has 30 heavy (non-hydrogen) atoms. The number of nitrogens with one attached hydrogen (secondary N) is 1. The molecule has 3 aliphatic rings. The summed E-state index contributed by atoms with van der Waals surface area (Å²) in [4.78, 5) is 19.1. The Balaban J connectivity index is 1.38. The second-order valence-electron chi connectivity index (χ2n) is 9.17. The fourth-order valence-electron chi connectivity index (χ4n) is 4.98. The maximum Gasteiger partial charge on any atom is 0.329 e. The average molecular weight is 410 g/mol. The number of rotatable bonds is 8. The number of aliphatic carboxylic acids is 1. The van der Waals surface area contributed by atoms with Gasteiger partial charge in [-0.1, -0.05) is 0 Å². The number of hydrogen-bond donors (Lipinski definition) is 2. The zero-order valence-corrected chi connectivity index (χ0v) is 17.8. The Labute approximate surface area is 177 Å². The normalized spacial score (nSPS) is 19.8. The maximum atomic E-state index is 11.7. The van der Waals surface area contributed by atoms with Gasteiger partial charge >= 0.3 is 5.97 Å². The lowest BCUT2D eigenvalue weighted by atomic mass is 10.0. The van der Waals surface area contributed by atoms with Gasteiger partial charge in [-0.15, -0.1) is 0 Å². The van der Waals surface area contributed by atoms with E-state index in [0.717, 1.165) is 54.9 Å². The minimum absolute atomic E-state index is 0.663. The van der Waals surface area contributed by atoms with Gasteiger partial charge in [0.15, 0.2) is 0 Å². The van der Waals surface area contributed by atoms with Gasteiger partial charge in [-0.25, -0.2) is 9.78 Å². The summed E-state index contributed by atoms with van der Waals surface area (Å²) in [5, 5.41) is 14.1. The monoisotopic (exact) mass is 409 g/mol. The van der Waals surface area contributed by atoms with E-state index in [-0.39, 0.29) is 0 Å². The van der Waals surface area contributed by atoms with E-state index in [4.69, 9.17) is 9.72 Å². The molecule has 0 unspecified atom stereocenters. The van der Waals surface area contributed by atoms with E-state index in [1.807, 2.05) is 6.07 Å². The van der Waals surface area contributed by atoms with Crippen molar-refractivity contribution >= 4 is 22.7 Å². The van der Waals surface area contributed by atoms with Crippen molar-refractivity contribution in [3.63, 3.8) is 0 Å². The van der Waals surface area contributed by atoms with Crippen molar-refractivity contribution in [2.75, 3.05) is 31.6 Å². The van der Waals surface area contributed by atoms with Crippen LogP contribution in [0.2, 0.25) is 0 Å². The van der Waals surface area contributed by atoms with Crippen molar-refractivity contribution in [3.05, 3.63) is 28.8 Å². The Morgan fingerprint density at radius 1 is 1.20 bits per heavy atom. The van der Waals surface area contributed by atoms with Gasteiger partial charge in [-0.3, -0.25) is 0 Å². The van der Waals surface area contributed by atoms with Crippen LogP contribution >= 0.6 is 0 Å². The van der Waals surface area contributed by atoms with Crippen molar-refractivity contribution in [2.45, 2.75) is 63.8 Å². The molecular formula is C24H31N3O3. The van der Waals surface area contributed by atoms with Gasteiger partial charge in [0.25, 0.3) is 0 Å². The van der Waals surface area contributed by atoms with Gasteiger partial charge in [0.05, 0.1) is 12.1 Å². The summed E-state index contributed by atoms with van der Waals surface area (Å²) in [5.41, 5.74) is 3.75. The first-order valence-electron chi connectivity index (χ1n) is 11.4. The zero-order valence-electron chi connectivity index (χ0n) is 17.8. The van der Waals surface area contributed by atoms with Crippen LogP contribution in [0, 0.1) is 6.92 Å². The van der Waals surface area contributed by atoms with E-state index in [9.17, 15) is 9.90 Å². The minimum atomic E-state index is -0.823. The molecule has 2 N–H and O–H groups in total. The standard InChI is InChI=1S/C24H31N3O3/c1-16-14-19-17-6-4-7-18(17)22(26-24(8-9-24)23(28)29)25-20(19)15-21(16)30-13-5-12-27-10-2-3-11-27/h14-15H,2-13H2,1H3,(H,25,26)(H,28,29). The van der Waals surface area contributed by atoms with Gasteiger partial charge < -0.3 is 20.1 Å². The van der Waals surface area contributed by atoms with Crippen LogP contribution in [0.15, 0.2) is 12.1 Å². The number of pyridine rings is 1. The van der Waals surface area contributed by atoms with E-state index < -0.39 is 11.5 Å². The number of aromatic nitrogens is 1. The largest absolute Gasteiger partial charge is 0.493 e. The summed E-state index contributed by atoms with van der Waals surface area (Å²) in [7, 11) is 0. The van der Waals surface area contributed by atoms with Crippen LogP contribution in [0.5, 0.6) is 5.75 Å².